The van der Waals surface area contributed by atoms with E-state index in [2.05, 4.69) is 13.8 Å². The van der Waals surface area contributed by atoms with Gasteiger partial charge >= 0.3 is 5.97 Å². The normalized spacial score (nSPS) is 47.6. The summed E-state index contributed by atoms with van der Waals surface area (Å²) in [5.74, 6) is -1.29. The van der Waals surface area contributed by atoms with Crippen molar-refractivity contribution in [3.63, 3.8) is 0 Å². The predicted molar refractivity (Wildman–Crippen MR) is 117 cm³/mol. The molecule has 33 heavy (non-hydrogen) atoms. The van der Waals surface area contributed by atoms with Crippen LogP contribution >= 0.6 is 0 Å². The second-order valence-corrected chi connectivity index (χ2v) is 11.8. The number of alkyl halides is 1. The van der Waals surface area contributed by atoms with E-state index >= 15 is 4.39 Å². The largest absolute Gasteiger partial charge is 0.458 e. The van der Waals surface area contributed by atoms with Crippen LogP contribution in [0.5, 0.6) is 0 Å². The zero-order valence-electron chi connectivity index (χ0n) is 20.2. The summed E-state index contributed by atoms with van der Waals surface area (Å²) >= 11 is 0. The molecule has 1 aliphatic heterocycles. The van der Waals surface area contributed by atoms with Crippen molar-refractivity contribution >= 4 is 17.5 Å². The van der Waals surface area contributed by atoms with Gasteiger partial charge in [0.2, 0.25) is 5.78 Å². The van der Waals surface area contributed by atoms with Crippen LogP contribution in [0.15, 0.2) is 11.6 Å². The Morgan fingerprint density at radius 3 is 2.58 bits per heavy atom. The van der Waals surface area contributed by atoms with Gasteiger partial charge in [0.1, 0.15) is 6.17 Å². The maximum absolute atomic E-state index is 15.6. The molecular weight excluding hydrogens is 427 g/mol. The lowest BCUT2D eigenvalue weighted by Crippen LogP contribution is -2.61. The van der Waals surface area contributed by atoms with E-state index < -0.39 is 35.0 Å². The number of allylic oxidation sites excluding steroid dienone is 1. The number of carbonyl (C=O) groups excluding carboxylic acids is 3. The first-order chi connectivity index (χ1) is 15.3. The molecule has 0 unspecified atom stereocenters. The van der Waals surface area contributed by atoms with Crippen molar-refractivity contribution in [1.82, 2.24) is 0 Å². The zero-order valence-corrected chi connectivity index (χ0v) is 20.2. The Morgan fingerprint density at radius 2 is 1.88 bits per heavy atom. The van der Waals surface area contributed by atoms with Gasteiger partial charge in [-0.25, -0.2) is 4.39 Å². The van der Waals surface area contributed by atoms with Crippen molar-refractivity contribution < 1.29 is 33.0 Å². The van der Waals surface area contributed by atoms with Crippen molar-refractivity contribution in [2.45, 2.75) is 96.8 Å². The van der Waals surface area contributed by atoms with E-state index in [0.29, 0.717) is 31.3 Å². The standard InChI is InChI=1S/C26H35FO6/c1-14(28)31-13-21(30)26-22(32-23(2,3)33-26)12-18-16-11-20(27)19-10-15(29)6-8-24(19,4)17(16)7-9-25(18,26)5/h10,16-18,20,22H,6-9,11-13H2,1-5H3/t16-,17+,18+,20+,22-,24-,25+,26+/m1/s1. The Labute approximate surface area is 194 Å². The van der Waals surface area contributed by atoms with Gasteiger partial charge in [0.15, 0.2) is 23.8 Å². The van der Waals surface area contributed by atoms with Crippen LogP contribution in [-0.4, -0.2) is 47.8 Å². The van der Waals surface area contributed by atoms with Gasteiger partial charge in [-0.3, -0.25) is 14.4 Å². The SMILES string of the molecule is CC(=O)OCC(=O)[C@]12OC(C)(C)O[C@@H]1C[C@H]1[C@@H]3C[C@H](F)C4=CC(=O)CC[C@]4(C)[C@H]3CC[C@@]12C. The molecule has 5 rings (SSSR count). The highest BCUT2D eigenvalue weighted by molar-refractivity contribution is 5.93. The van der Waals surface area contributed by atoms with E-state index in [4.69, 9.17) is 14.2 Å². The third kappa shape index (κ3) is 3.07. The van der Waals surface area contributed by atoms with E-state index in [9.17, 15) is 14.4 Å². The van der Waals surface area contributed by atoms with E-state index in [0.717, 1.165) is 12.8 Å². The number of Topliss-reactive ketones (excluding diaryl/α,β-unsaturated/α-hetero) is 1. The van der Waals surface area contributed by atoms with E-state index in [1.807, 2.05) is 13.8 Å². The number of carbonyl (C=O) groups is 3. The smallest absolute Gasteiger partial charge is 0.303 e. The van der Waals surface area contributed by atoms with Crippen LogP contribution in [0.25, 0.3) is 0 Å². The number of esters is 1. The summed E-state index contributed by atoms with van der Waals surface area (Å²) in [4.78, 5) is 37.2. The molecule has 0 amide bonds. The molecule has 5 aliphatic rings. The van der Waals surface area contributed by atoms with Crippen LogP contribution in [0.2, 0.25) is 0 Å². The van der Waals surface area contributed by atoms with Crippen LogP contribution < -0.4 is 0 Å². The highest BCUT2D eigenvalue weighted by Crippen LogP contribution is 2.70. The summed E-state index contributed by atoms with van der Waals surface area (Å²) in [6.45, 7) is 8.78. The van der Waals surface area contributed by atoms with Gasteiger partial charge in [-0.1, -0.05) is 13.8 Å². The fraction of sp³-hybridized carbons (Fsp3) is 0.808. The summed E-state index contributed by atoms with van der Waals surface area (Å²) in [5.41, 5.74) is -1.42. The molecule has 7 heteroatoms. The van der Waals surface area contributed by atoms with Crippen LogP contribution in [0, 0.1) is 28.6 Å². The third-order valence-electron chi connectivity index (χ3n) is 9.75. The minimum atomic E-state index is -1.22. The first kappa shape index (κ1) is 23.2. The van der Waals surface area contributed by atoms with Crippen molar-refractivity contribution in [2.75, 3.05) is 6.61 Å². The average Bonchev–Trinajstić information content (AvgIpc) is 3.13. The Kier molecular flexibility index (Phi) is 5.05. The monoisotopic (exact) mass is 462 g/mol. The van der Waals surface area contributed by atoms with Crippen LogP contribution in [0.3, 0.4) is 0 Å². The maximum Gasteiger partial charge on any atom is 0.303 e. The van der Waals surface area contributed by atoms with Crippen molar-refractivity contribution in [3.05, 3.63) is 11.6 Å². The van der Waals surface area contributed by atoms with Crippen molar-refractivity contribution in [2.24, 2.45) is 28.6 Å². The molecule has 4 aliphatic carbocycles. The molecule has 1 heterocycles. The first-order valence-corrected chi connectivity index (χ1v) is 12.3. The molecular formula is C26H35FO6. The van der Waals surface area contributed by atoms with Crippen LogP contribution in [0.4, 0.5) is 4.39 Å². The maximum atomic E-state index is 15.6. The molecule has 3 saturated carbocycles. The van der Waals surface area contributed by atoms with Gasteiger partial charge in [-0.05, 0) is 80.8 Å². The summed E-state index contributed by atoms with van der Waals surface area (Å²) < 4.78 is 33.4. The molecule has 0 N–H and O–H groups in total. The Balaban J connectivity index is 1.53. The molecule has 0 aromatic carbocycles. The third-order valence-corrected chi connectivity index (χ3v) is 9.75. The summed E-state index contributed by atoms with van der Waals surface area (Å²) in [6, 6.07) is 0. The fourth-order valence-electron chi connectivity index (χ4n) is 8.44. The van der Waals surface area contributed by atoms with E-state index in [-0.39, 0.29) is 41.3 Å². The van der Waals surface area contributed by atoms with Gasteiger partial charge < -0.3 is 14.2 Å². The van der Waals surface area contributed by atoms with Crippen molar-refractivity contribution in [3.8, 4) is 0 Å². The van der Waals surface area contributed by atoms with Gasteiger partial charge in [-0.2, -0.15) is 0 Å². The molecule has 1 saturated heterocycles. The lowest BCUT2D eigenvalue weighted by Gasteiger charge is -2.59. The minimum absolute atomic E-state index is 0.0265. The molecule has 4 fully saturated rings. The molecule has 0 aromatic heterocycles. The second kappa shape index (κ2) is 7.20. The van der Waals surface area contributed by atoms with Gasteiger partial charge in [0.05, 0.1) is 6.10 Å². The number of hydrogen-bond acceptors (Lipinski definition) is 6. The quantitative estimate of drug-likeness (QED) is 0.588. The number of ketones is 2. The summed E-state index contributed by atoms with van der Waals surface area (Å²) in [7, 11) is 0. The number of fused-ring (bicyclic) bond motifs is 7. The molecule has 0 aromatic rings. The van der Waals surface area contributed by atoms with E-state index in [1.165, 1.54) is 6.92 Å². The van der Waals surface area contributed by atoms with Gasteiger partial charge in [0.25, 0.3) is 0 Å². The van der Waals surface area contributed by atoms with E-state index in [1.54, 1.807) is 6.08 Å². The second-order valence-electron chi connectivity index (χ2n) is 11.8. The number of rotatable bonds is 3. The first-order valence-electron chi connectivity index (χ1n) is 12.3. The molecule has 6 nitrogen and oxygen atoms in total. The Bertz CT molecular complexity index is 941. The molecule has 182 valence electrons. The fourth-order valence-corrected chi connectivity index (χ4v) is 8.44. The molecule has 0 spiro atoms. The highest BCUT2D eigenvalue weighted by Gasteiger charge is 2.76. The summed E-state index contributed by atoms with van der Waals surface area (Å²) in [5, 5.41) is 0. The van der Waals surface area contributed by atoms with Gasteiger partial charge in [-0.15, -0.1) is 0 Å². The predicted octanol–water partition coefficient (Wildman–Crippen LogP) is 4.10. The lowest BCUT2D eigenvalue weighted by atomic mass is 9.46. The topological polar surface area (TPSA) is 78.9 Å². The lowest BCUT2D eigenvalue weighted by molar-refractivity contribution is -0.217. The molecule has 0 bridgehead atoms. The number of hydrogen-bond donors (Lipinski definition) is 0. The molecule has 0 radical (unpaired) electrons. The minimum Gasteiger partial charge on any atom is -0.458 e. The Morgan fingerprint density at radius 1 is 1.15 bits per heavy atom. The average molecular weight is 463 g/mol. The van der Waals surface area contributed by atoms with Gasteiger partial charge in [0, 0.05) is 18.8 Å². The van der Waals surface area contributed by atoms with Crippen LogP contribution in [-0.2, 0) is 28.6 Å². The van der Waals surface area contributed by atoms with Crippen LogP contribution in [0.1, 0.15) is 73.1 Å². The summed E-state index contributed by atoms with van der Waals surface area (Å²) in [6.07, 6.45) is 3.68. The Hall–Kier alpha value is -1.60. The zero-order chi connectivity index (χ0) is 24.0. The highest BCUT2D eigenvalue weighted by atomic mass is 19.1. The number of halogens is 1. The number of ether oxygens (including phenoxy) is 3. The van der Waals surface area contributed by atoms with Crippen molar-refractivity contribution in [1.29, 1.82) is 0 Å². The molecule has 8 atom stereocenters.